The number of carbonyl (C=O) groups excluding carboxylic acids is 2. The highest BCUT2D eigenvalue weighted by Gasteiger charge is 2.13. The summed E-state index contributed by atoms with van der Waals surface area (Å²) < 4.78 is 10.2. The predicted octanol–water partition coefficient (Wildman–Crippen LogP) is 4.06. The predicted molar refractivity (Wildman–Crippen MR) is 105 cm³/mol. The van der Waals surface area contributed by atoms with Gasteiger partial charge in [0.1, 0.15) is 5.52 Å². The van der Waals surface area contributed by atoms with E-state index in [-0.39, 0.29) is 5.56 Å². The Morgan fingerprint density at radius 2 is 2.00 bits per heavy atom. The van der Waals surface area contributed by atoms with Crippen molar-refractivity contribution in [3.63, 3.8) is 0 Å². The Labute approximate surface area is 164 Å². The van der Waals surface area contributed by atoms with E-state index < -0.39 is 18.5 Å². The molecule has 0 spiro atoms. The van der Waals surface area contributed by atoms with E-state index in [4.69, 9.17) is 9.15 Å². The van der Waals surface area contributed by atoms with Crippen LogP contribution in [0.5, 0.6) is 0 Å². The molecule has 2 aromatic heterocycles. The van der Waals surface area contributed by atoms with Crippen LogP contribution in [0.25, 0.3) is 22.4 Å². The van der Waals surface area contributed by atoms with Gasteiger partial charge in [-0.1, -0.05) is 29.8 Å². The molecule has 0 aliphatic heterocycles. The zero-order chi connectivity index (χ0) is 19.5. The topological polar surface area (TPSA) is 94.3 Å². The van der Waals surface area contributed by atoms with Crippen molar-refractivity contribution in [1.29, 1.82) is 0 Å². The Bertz CT molecular complexity index is 1150. The van der Waals surface area contributed by atoms with Gasteiger partial charge in [-0.05, 0) is 25.1 Å². The summed E-state index contributed by atoms with van der Waals surface area (Å²) in [6.45, 7) is 1.61. The van der Waals surface area contributed by atoms with Crippen molar-refractivity contribution in [2.24, 2.45) is 0 Å². The Morgan fingerprint density at radius 1 is 1.18 bits per heavy atom. The van der Waals surface area contributed by atoms with Gasteiger partial charge in [0.05, 0.1) is 11.3 Å². The summed E-state index contributed by atoms with van der Waals surface area (Å²) in [5.41, 5.74) is 4.31. The van der Waals surface area contributed by atoms with E-state index in [0.717, 1.165) is 16.8 Å². The summed E-state index contributed by atoms with van der Waals surface area (Å²) >= 11 is 1.31. The molecule has 1 amide bonds. The molecule has 8 heteroatoms. The lowest BCUT2D eigenvalue weighted by molar-refractivity contribution is -0.119. The molecule has 7 nitrogen and oxygen atoms in total. The standard InChI is InChI=1S/C20H15N3O4S/c1-12-2-4-13(5-3-12)16-10-28-20(22-16)23-18(24)9-26-19(25)14-6-7-15-17(8-14)27-11-21-15/h2-8,10-11H,9H2,1H3,(H,22,23,24). The minimum absolute atomic E-state index is 0.285. The smallest absolute Gasteiger partial charge is 0.338 e. The second-order valence-corrected chi connectivity index (χ2v) is 6.92. The Hall–Kier alpha value is -3.52. The summed E-state index contributed by atoms with van der Waals surface area (Å²) in [5, 5.41) is 4.94. The van der Waals surface area contributed by atoms with E-state index in [1.807, 2.05) is 36.6 Å². The number of thiazole rings is 1. The van der Waals surface area contributed by atoms with Gasteiger partial charge in [-0.15, -0.1) is 11.3 Å². The molecule has 0 aliphatic carbocycles. The summed E-state index contributed by atoms with van der Waals surface area (Å²) in [6, 6.07) is 12.7. The third kappa shape index (κ3) is 3.91. The molecule has 28 heavy (non-hydrogen) atoms. The van der Waals surface area contributed by atoms with Crippen LogP contribution < -0.4 is 5.32 Å². The number of benzene rings is 2. The Balaban J connectivity index is 1.34. The minimum Gasteiger partial charge on any atom is -0.452 e. The lowest BCUT2D eigenvalue weighted by Crippen LogP contribution is -2.20. The highest BCUT2D eigenvalue weighted by molar-refractivity contribution is 7.14. The fourth-order valence-electron chi connectivity index (χ4n) is 2.54. The highest BCUT2D eigenvalue weighted by Crippen LogP contribution is 2.25. The number of nitrogens with one attached hydrogen (secondary N) is 1. The maximum Gasteiger partial charge on any atom is 0.338 e. The zero-order valence-corrected chi connectivity index (χ0v) is 15.7. The molecule has 0 radical (unpaired) electrons. The molecule has 1 N–H and O–H groups in total. The molecule has 140 valence electrons. The molecule has 0 saturated carbocycles. The maximum atomic E-state index is 12.1. The van der Waals surface area contributed by atoms with Crippen molar-refractivity contribution in [3.05, 3.63) is 65.4 Å². The van der Waals surface area contributed by atoms with Gasteiger partial charge < -0.3 is 9.15 Å². The van der Waals surface area contributed by atoms with Crippen molar-refractivity contribution in [1.82, 2.24) is 9.97 Å². The highest BCUT2D eigenvalue weighted by atomic mass is 32.1. The quantitative estimate of drug-likeness (QED) is 0.514. The molecular formula is C20H15N3O4S. The summed E-state index contributed by atoms with van der Waals surface area (Å²) in [6.07, 6.45) is 1.30. The van der Waals surface area contributed by atoms with Gasteiger partial charge in [0.25, 0.3) is 5.91 Å². The molecule has 4 rings (SSSR count). The van der Waals surface area contributed by atoms with E-state index in [9.17, 15) is 9.59 Å². The van der Waals surface area contributed by atoms with Crippen molar-refractivity contribution < 1.29 is 18.7 Å². The fraction of sp³-hybridized carbons (Fsp3) is 0.100. The first-order valence-electron chi connectivity index (χ1n) is 8.41. The molecule has 0 fully saturated rings. The van der Waals surface area contributed by atoms with Crippen LogP contribution in [0.3, 0.4) is 0 Å². The van der Waals surface area contributed by atoms with E-state index in [1.165, 1.54) is 23.8 Å². The number of nitrogens with zero attached hydrogens (tertiary/aromatic N) is 2. The van der Waals surface area contributed by atoms with Gasteiger partial charge in [0.15, 0.2) is 23.7 Å². The number of hydrogen-bond acceptors (Lipinski definition) is 7. The molecular weight excluding hydrogens is 378 g/mol. The number of amides is 1. The van der Waals surface area contributed by atoms with Crippen molar-refractivity contribution in [2.75, 3.05) is 11.9 Å². The number of fused-ring (bicyclic) bond motifs is 1. The number of aryl methyl sites for hydroxylation is 1. The number of anilines is 1. The van der Waals surface area contributed by atoms with Crippen LogP contribution in [-0.4, -0.2) is 28.5 Å². The van der Waals surface area contributed by atoms with E-state index >= 15 is 0 Å². The van der Waals surface area contributed by atoms with Crippen LogP contribution in [-0.2, 0) is 9.53 Å². The number of carbonyl (C=O) groups is 2. The molecule has 0 bridgehead atoms. The minimum atomic E-state index is -0.618. The largest absolute Gasteiger partial charge is 0.452 e. The van der Waals surface area contributed by atoms with Gasteiger partial charge in [0.2, 0.25) is 0 Å². The molecule has 0 unspecified atom stereocenters. The summed E-state index contributed by atoms with van der Waals surface area (Å²) in [5.74, 6) is -1.08. The van der Waals surface area contributed by atoms with Gasteiger partial charge in [-0.2, -0.15) is 0 Å². The number of aromatic nitrogens is 2. The first-order valence-corrected chi connectivity index (χ1v) is 9.29. The van der Waals surface area contributed by atoms with Crippen LogP contribution in [0, 0.1) is 6.92 Å². The van der Waals surface area contributed by atoms with Crippen LogP contribution in [0.15, 0.2) is 58.7 Å². The third-order valence-electron chi connectivity index (χ3n) is 4.00. The molecule has 0 saturated heterocycles. The number of oxazole rings is 1. The molecule has 0 atom stereocenters. The van der Waals surface area contributed by atoms with Crippen LogP contribution in [0.4, 0.5) is 5.13 Å². The molecule has 2 aromatic carbocycles. The second-order valence-electron chi connectivity index (χ2n) is 6.06. The summed E-state index contributed by atoms with van der Waals surface area (Å²) in [7, 11) is 0. The summed E-state index contributed by atoms with van der Waals surface area (Å²) in [4.78, 5) is 32.5. The van der Waals surface area contributed by atoms with Crippen molar-refractivity contribution in [2.45, 2.75) is 6.92 Å². The Morgan fingerprint density at radius 3 is 2.82 bits per heavy atom. The van der Waals surface area contributed by atoms with Crippen LogP contribution in [0.2, 0.25) is 0 Å². The molecule has 0 aliphatic rings. The fourth-order valence-corrected chi connectivity index (χ4v) is 3.28. The molecule has 2 heterocycles. The lowest BCUT2D eigenvalue weighted by Gasteiger charge is -2.04. The SMILES string of the molecule is Cc1ccc(-c2csc(NC(=O)COC(=O)c3ccc4ncoc4c3)n2)cc1. The third-order valence-corrected chi connectivity index (χ3v) is 4.76. The lowest BCUT2D eigenvalue weighted by atomic mass is 10.1. The zero-order valence-electron chi connectivity index (χ0n) is 14.8. The number of esters is 1. The Kier molecular flexibility index (Phi) is 4.86. The normalized spacial score (nSPS) is 10.8. The average Bonchev–Trinajstić information content (AvgIpc) is 3.35. The van der Waals surface area contributed by atoms with Gasteiger partial charge in [-0.25, -0.2) is 14.8 Å². The van der Waals surface area contributed by atoms with E-state index in [2.05, 4.69) is 15.3 Å². The van der Waals surface area contributed by atoms with E-state index in [1.54, 1.807) is 12.1 Å². The average molecular weight is 393 g/mol. The second kappa shape index (κ2) is 7.61. The maximum absolute atomic E-state index is 12.1. The first kappa shape index (κ1) is 17.9. The van der Waals surface area contributed by atoms with Crippen LogP contribution in [0.1, 0.15) is 15.9 Å². The number of rotatable bonds is 5. The number of hydrogen-bond donors (Lipinski definition) is 1. The van der Waals surface area contributed by atoms with Gasteiger partial charge in [-0.3, -0.25) is 10.1 Å². The van der Waals surface area contributed by atoms with Crippen molar-refractivity contribution >= 4 is 39.4 Å². The van der Waals surface area contributed by atoms with Crippen molar-refractivity contribution in [3.8, 4) is 11.3 Å². The first-order chi connectivity index (χ1) is 13.6. The van der Waals surface area contributed by atoms with Gasteiger partial charge in [0, 0.05) is 10.9 Å². The van der Waals surface area contributed by atoms with Gasteiger partial charge >= 0.3 is 5.97 Å². The number of ether oxygens (including phenoxy) is 1. The van der Waals surface area contributed by atoms with Crippen LogP contribution >= 0.6 is 11.3 Å². The molecule has 4 aromatic rings. The monoisotopic (exact) mass is 393 g/mol. The van der Waals surface area contributed by atoms with E-state index in [0.29, 0.717) is 16.2 Å².